The van der Waals surface area contributed by atoms with Gasteiger partial charge in [0.25, 0.3) is 0 Å². The summed E-state index contributed by atoms with van der Waals surface area (Å²) < 4.78 is 0. The first-order valence-electron chi connectivity index (χ1n) is 3.08. The van der Waals surface area contributed by atoms with Crippen LogP contribution in [0.4, 0.5) is 0 Å². The van der Waals surface area contributed by atoms with Crippen LogP contribution < -0.4 is 16.0 Å². The lowest BCUT2D eigenvalue weighted by Crippen LogP contribution is -2.69. The fourth-order valence-electron chi connectivity index (χ4n) is 1.20. The van der Waals surface area contributed by atoms with Crippen molar-refractivity contribution in [1.29, 1.82) is 0 Å². The largest absolute Gasteiger partial charge is 0.342 e. The van der Waals surface area contributed by atoms with E-state index in [9.17, 15) is 4.79 Å². The molecular formula is C5H9N3O. The Hall–Kier alpha value is -0.610. The lowest BCUT2D eigenvalue weighted by atomic mass is 9.93. The van der Waals surface area contributed by atoms with Gasteiger partial charge in [-0.05, 0) is 0 Å². The van der Waals surface area contributed by atoms with Gasteiger partial charge in [-0.2, -0.15) is 0 Å². The van der Waals surface area contributed by atoms with Crippen LogP contribution in [0.15, 0.2) is 0 Å². The van der Waals surface area contributed by atoms with Crippen LogP contribution in [-0.4, -0.2) is 31.2 Å². The van der Waals surface area contributed by atoms with Crippen LogP contribution in [0, 0.1) is 0 Å². The molecule has 9 heavy (non-hydrogen) atoms. The maximum absolute atomic E-state index is 11.0. The molecule has 2 rings (SSSR count). The zero-order valence-corrected chi connectivity index (χ0v) is 5.03. The van der Waals surface area contributed by atoms with Crippen LogP contribution in [0.2, 0.25) is 0 Å². The highest BCUT2D eigenvalue weighted by molar-refractivity contribution is 5.89. The van der Waals surface area contributed by atoms with Crippen LogP contribution >= 0.6 is 0 Å². The van der Waals surface area contributed by atoms with E-state index in [2.05, 4.69) is 16.0 Å². The molecule has 0 aromatic carbocycles. The average molecular weight is 127 g/mol. The van der Waals surface area contributed by atoms with Crippen LogP contribution in [-0.2, 0) is 4.79 Å². The second-order valence-electron chi connectivity index (χ2n) is 2.55. The Balaban J connectivity index is 2.17. The minimum atomic E-state index is -0.236. The average Bonchev–Trinajstić information content (AvgIpc) is 2.07. The fourth-order valence-corrected chi connectivity index (χ4v) is 1.20. The summed E-state index contributed by atoms with van der Waals surface area (Å²) >= 11 is 0. The predicted molar refractivity (Wildman–Crippen MR) is 31.7 cm³/mol. The van der Waals surface area contributed by atoms with Gasteiger partial charge in [0.15, 0.2) is 0 Å². The van der Waals surface area contributed by atoms with E-state index in [-0.39, 0.29) is 11.4 Å². The molecule has 0 unspecified atom stereocenters. The summed E-state index contributed by atoms with van der Waals surface area (Å²) in [4.78, 5) is 11.0. The zero-order valence-electron chi connectivity index (χ0n) is 5.03. The SMILES string of the molecule is O=C1NCNC12CNC2. The Labute approximate surface area is 53.0 Å². The molecule has 0 aromatic heterocycles. The van der Waals surface area contributed by atoms with Crippen molar-refractivity contribution in [2.24, 2.45) is 0 Å². The van der Waals surface area contributed by atoms with Crippen LogP contribution in [0.3, 0.4) is 0 Å². The summed E-state index contributed by atoms with van der Waals surface area (Å²) in [6, 6.07) is 0. The molecule has 1 amide bonds. The normalized spacial score (nSPS) is 30.0. The second-order valence-corrected chi connectivity index (χ2v) is 2.55. The highest BCUT2D eigenvalue weighted by Gasteiger charge is 2.46. The number of hydrogen-bond acceptors (Lipinski definition) is 3. The number of nitrogens with one attached hydrogen (secondary N) is 3. The summed E-state index contributed by atoms with van der Waals surface area (Å²) in [5.41, 5.74) is -0.236. The molecular weight excluding hydrogens is 118 g/mol. The molecule has 3 N–H and O–H groups in total. The van der Waals surface area contributed by atoms with Crippen molar-refractivity contribution < 1.29 is 4.79 Å². The van der Waals surface area contributed by atoms with Crippen molar-refractivity contribution in [3.63, 3.8) is 0 Å². The van der Waals surface area contributed by atoms with Crippen LogP contribution in [0.5, 0.6) is 0 Å². The predicted octanol–water partition coefficient (Wildman–Crippen LogP) is -1.99. The molecule has 0 aromatic rings. The van der Waals surface area contributed by atoms with Crippen LogP contribution in [0.25, 0.3) is 0 Å². The van der Waals surface area contributed by atoms with Crippen molar-refractivity contribution >= 4 is 5.91 Å². The van der Waals surface area contributed by atoms with Gasteiger partial charge >= 0.3 is 0 Å². The molecule has 0 saturated carbocycles. The van der Waals surface area contributed by atoms with E-state index in [0.29, 0.717) is 6.67 Å². The number of hydrogen-bond donors (Lipinski definition) is 3. The highest BCUT2D eigenvalue weighted by Crippen LogP contribution is 2.13. The van der Waals surface area contributed by atoms with Crippen molar-refractivity contribution in [2.75, 3.05) is 19.8 Å². The molecule has 0 radical (unpaired) electrons. The quantitative estimate of drug-likeness (QED) is 0.353. The zero-order chi connectivity index (χ0) is 6.32. The van der Waals surface area contributed by atoms with Gasteiger partial charge in [0.1, 0.15) is 5.54 Å². The van der Waals surface area contributed by atoms with E-state index < -0.39 is 0 Å². The standard InChI is InChI=1S/C5H9N3O/c9-4-5(1-6-2-5)8-3-7-4/h6,8H,1-3H2,(H,7,9). The van der Waals surface area contributed by atoms with Crippen molar-refractivity contribution in [3.8, 4) is 0 Å². The molecule has 2 aliphatic heterocycles. The third-order valence-electron chi connectivity index (χ3n) is 1.96. The second kappa shape index (κ2) is 1.46. The van der Waals surface area contributed by atoms with Crippen molar-refractivity contribution in [1.82, 2.24) is 16.0 Å². The Bertz CT molecular complexity index is 152. The van der Waals surface area contributed by atoms with Gasteiger partial charge in [-0.3, -0.25) is 10.1 Å². The summed E-state index contributed by atoms with van der Waals surface area (Å²) in [6.45, 7) is 2.18. The van der Waals surface area contributed by atoms with E-state index in [1.54, 1.807) is 0 Å². The third kappa shape index (κ3) is 0.516. The van der Waals surface area contributed by atoms with Gasteiger partial charge in [0.05, 0.1) is 6.67 Å². The molecule has 2 fully saturated rings. The number of carbonyl (C=O) groups excluding carboxylic acids is 1. The molecule has 2 heterocycles. The van der Waals surface area contributed by atoms with Gasteiger partial charge in [-0.1, -0.05) is 0 Å². The van der Waals surface area contributed by atoms with Gasteiger partial charge < -0.3 is 10.6 Å². The minimum absolute atomic E-state index is 0.140. The fraction of sp³-hybridized carbons (Fsp3) is 0.800. The monoisotopic (exact) mass is 127 g/mol. The van der Waals surface area contributed by atoms with Gasteiger partial charge in [-0.15, -0.1) is 0 Å². The molecule has 0 bridgehead atoms. The third-order valence-corrected chi connectivity index (χ3v) is 1.96. The van der Waals surface area contributed by atoms with Gasteiger partial charge in [0, 0.05) is 13.1 Å². The summed E-state index contributed by atoms with van der Waals surface area (Å²) in [6.07, 6.45) is 0. The Morgan fingerprint density at radius 2 is 2.22 bits per heavy atom. The number of rotatable bonds is 0. The molecule has 0 atom stereocenters. The molecule has 4 nitrogen and oxygen atoms in total. The molecule has 50 valence electrons. The maximum Gasteiger partial charge on any atom is 0.244 e. The molecule has 4 heteroatoms. The molecule has 0 aliphatic carbocycles. The van der Waals surface area contributed by atoms with E-state index in [4.69, 9.17) is 0 Å². The van der Waals surface area contributed by atoms with Crippen molar-refractivity contribution in [2.45, 2.75) is 5.54 Å². The number of carbonyl (C=O) groups is 1. The molecule has 2 aliphatic rings. The summed E-state index contributed by atoms with van der Waals surface area (Å²) in [7, 11) is 0. The smallest absolute Gasteiger partial charge is 0.244 e. The minimum Gasteiger partial charge on any atom is -0.342 e. The molecule has 2 saturated heterocycles. The van der Waals surface area contributed by atoms with Gasteiger partial charge in [-0.25, -0.2) is 0 Å². The highest BCUT2D eigenvalue weighted by atomic mass is 16.2. The Morgan fingerprint density at radius 1 is 1.44 bits per heavy atom. The lowest BCUT2D eigenvalue weighted by molar-refractivity contribution is -0.125. The Kier molecular flexibility index (Phi) is 0.841. The topological polar surface area (TPSA) is 53.2 Å². The lowest BCUT2D eigenvalue weighted by Gasteiger charge is -2.36. The van der Waals surface area contributed by atoms with E-state index >= 15 is 0 Å². The number of amides is 1. The van der Waals surface area contributed by atoms with E-state index in [1.807, 2.05) is 0 Å². The summed E-state index contributed by atoms with van der Waals surface area (Å²) in [5.74, 6) is 0.140. The Morgan fingerprint density at radius 3 is 2.44 bits per heavy atom. The molecule has 1 spiro atoms. The van der Waals surface area contributed by atoms with Crippen LogP contribution in [0.1, 0.15) is 0 Å². The van der Waals surface area contributed by atoms with E-state index in [1.165, 1.54) is 0 Å². The maximum atomic E-state index is 11.0. The first-order valence-corrected chi connectivity index (χ1v) is 3.08. The van der Waals surface area contributed by atoms with Crippen molar-refractivity contribution in [3.05, 3.63) is 0 Å². The van der Waals surface area contributed by atoms with E-state index in [0.717, 1.165) is 13.1 Å². The van der Waals surface area contributed by atoms with Gasteiger partial charge in [0.2, 0.25) is 5.91 Å². The summed E-state index contributed by atoms with van der Waals surface area (Å²) in [5, 5.41) is 8.87. The first-order chi connectivity index (χ1) is 4.33. The first kappa shape index (κ1) is 5.20.